The number of carbonyl (C=O) groups is 1. The minimum absolute atomic E-state index is 0.149. The summed E-state index contributed by atoms with van der Waals surface area (Å²) in [6.07, 6.45) is 6.24. The predicted molar refractivity (Wildman–Crippen MR) is 139 cm³/mol. The summed E-state index contributed by atoms with van der Waals surface area (Å²) >= 11 is 6.08. The maximum absolute atomic E-state index is 14.0. The number of para-hydroxylation sites is 1. The SMILES string of the molecule is COc1ccc(/C=C/C(=O)Nc2cnn(Cc3c(F)cccc3Cl)c2)cc1COc1ccccc1C. The van der Waals surface area contributed by atoms with Gasteiger partial charge >= 0.3 is 0 Å². The van der Waals surface area contributed by atoms with Gasteiger partial charge in [-0.3, -0.25) is 9.48 Å². The van der Waals surface area contributed by atoms with E-state index >= 15 is 0 Å². The van der Waals surface area contributed by atoms with Crippen LogP contribution in [0.15, 0.2) is 79.1 Å². The second-order valence-electron chi connectivity index (χ2n) is 8.07. The molecule has 0 saturated carbocycles. The Morgan fingerprint density at radius 3 is 2.75 bits per heavy atom. The van der Waals surface area contributed by atoms with Gasteiger partial charge in [0.1, 0.15) is 23.9 Å². The van der Waals surface area contributed by atoms with Crippen LogP contribution in [0.4, 0.5) is 10.1 Å². The quantitative estimate of drug-likeness (QED) is 0.272. The lowest BCUT2D eigenvalue weighted by Gasteiger charge is -2.12. The van der Waals surface area contributed by atoms with Gasteiger partial charge in [0.05, 0.1) is 25.5 Å². The van der Waals surface area contributed by atoms with Gasteiger partial charge < -0.3 is 14.8 Å². The summed E-state index contributed by atoms with van der Waals surface area (Å²) in [5.41, 5.74) is 3.54. The molecule has 6 nitrogen and oxygen atoms in total. The summed E-state index contributed by atoms with van der Waals surface area (Å²) in [5.74, 6) is 0.770. The molecule has 0 aliphatic carbocycles. The lowest BCUT2D eigenvalue weighted by atomic mass is 10.1. The highest BCUT2D eigenvalue weighted by Crippen LogP contribution is 2.25. The van der Waals surface area contributed by atoms with Crippen molar-refractivity contribution in [3.8, 4) is 11.5 Å². The molecule has 0 bridgehead atoms. The maximum Gasteiger partial charge on any atom is 0.248 e. The molecule has 8 heteroatoms. The summed E-state index contributed by atoms with van der Waals surface area (Å²) in [7, 11) is 1.61. The van der Waals surface area contributed by atoms with E-state index < -0.39 is 5.82 Å². The van der Waals surface area contributed by atoms with Crippen LogP contribution in [-0.2, 0) is 17.9 Å². The predicted octanol–water partition coefficient (Wildman–Crippen LogP) is 6.27. The summed E-state index contributed by atoms with van der Waals surface area (Å²) in [5, 5.41) is 7.25. The standard InChI is InChI=1S/C28H25ClFN3O3/c1-19-6-3-4-9-26(19)36-18-21-14-20(10-12-27(21)35-2)11-13-28(34)32-22-15-31-33(16-22)17-23-24(29)7-5-8-25(23)30/h3-16H,17-18H2,1-2H3,(H,32,34)/b13-11+. The number of aromatic nitrogens is 2. The monoisotopic (exact) mass is 505 g/mol. The van der Waals surface area contributed by atoms with Crippen molar-refractivity contribution in [3.05, 3.63) is 112 Å². The molecule has 1 aromatic heterocycles. The number of halogens is 2. The number of hydrogen-bond donors (Lipinski definition) is 1. The molecule has 1 heterocycles. The Hall–Kier alpha value is -4.10. The van der Waals surface area contributed by atoms with Gasteiger partial charge in [-0.15, -0.1) is 0 Å². The number of amides is 1. The number of benzene rings is 3. The molecule has 0 fully saturated rings. The van der Waals surface area contributed by atoms with Gasteiger partial charge in [-0.25, -0.2) is 4.39 Å². The van der Waals surface area contributed by atoms with Crippen LogP contribution in [0.1, 0.15) is 22.3 Å². The summed E-state index contributed by atoms with van der Waals surface area (Å²) in [4.78, 5) is 12.5. The van der Waals surface area contributed by atoms with Crippen molar-refractivity contribution >= 4 is 29.3 Å². The number of nitrogens with one attached hydrogen (secondary N) is 1. The number of nitrogens with zero attached hydrogens (tertiary/aromatic N) is 2. The number of rotatable bonds is 9. The van der Waals surface area contributed by atoms with Gasteiger partial charge in [-0.2, -0.15) is 5.10 Å². The van der Waals surface area contributed by atoms with Gasteiger partial charge in [-0.05, 0) is 54.5 Å². The molecular formula is C28H25ClFN3O3. The fourth-order valence-electron chi connectivity index (χ4n) is 3.60. The molecule has 0 atom stereocenters. The van der Waals surface area contributed by atoms with E-state index in [9.17, 15) is 9.18 Å². The Balaban J connectivity index is 1.39. The molecule has 4 aromatic rings. The molecule has 0 unspecified atom stereocenters. The third-order valence-electron chi connectivity index (χ3n) is 5.49. The Bertz CT molecular complexity index is 1380. The lowest BCUT2D eigenvalue weighted by Crippen LogP contribution is -2.07. The highest BCUT2D eigenvalue weighted by atomic mass is 35.5. The van der Waals surface area contributed by atoms with Gasteiger partial charge in [0.2, 0.25) is 5.91 Å². The molecule has 0 saturated heterocycles. The van der Waals surface area contributed by atoms with Crippen molar-refractivity contribution in [3.63, 3.8) is 0 Å². The van der Waals surface area contributed by atoms with Crippen LogP contribution in [0, 0.1) is 12.7 Å². The fourth-order valence-corrected chi connectivity index (χ4v) is 3.83. The number of ether oxygens (including phenoxy) is 2. The van der Waals surface area contributed by atoms with Gasteiger partial charge in [0.15, 0.2) is 0 Å². The summed E-state index contributed by atoms with van der Waals surface area (Å²) in [6.45, 7) is 2.46. The third-order valence-corrected chi connectivity index (χ3v) is 5.85. The maximum atomic E-state index is 14.0. The first-order chi connectivity index (χ1) is 17.4. The summed E-state index contributed by atoms with van der Waals surface area (Å²) < 4.78 is 26.9. The Morgan fingerprint density at radius 2 is 1.97 bits per heavy atom. The molecule has 1 amide bonds. The highest BCUT2D eigenvalue weighted by Gasteiger charge is 2.10. The van der Waals surface area contributed by atoms with Crippen LogP contribution in [0.2, 0.25) is 5.02 Å². The van der Waals surface area contributed by atoms with E-state index in [4.69, 9.17) is 21.1 Å². The molecule has 36 heavy (non-hydrogen) atoms. The first-order valence-corrected chi connectivity index (χ1v) is 11.6. The van der Waals surface area contributed by atoms with Crippen LogP contribution < -0.4 is 14.8 Å². The molecular weight excluding hydrogens is 481 g/mol. The fraction of sp³-hybridized carbons (Fsp3) is 0.143. The zero-order chi connectivity index (χ0) is 25.5. The third kappa shape index (κ3) is 6.31. The van der Waals surface area contributed by atoms with Gasteiger partial charge in [0.25, 0.3) is 0 Å². The van der Waals surface area contributed by atoms with E-state index in [0.29, 0.717) is 28.6 Å². The van der Waals surface area contributed by atoms with Gasteiger partial charge in [-0.1, -0.05) is 41.9 Å². The smallest absolute Gasteiger partial charge is 0.248 e. The molecule has 0 aliphatic heterocycles. The van der Waals surface area contributed by atoms with Crippen LogP contribution in [-0.4, -0.2) is 22.8 Å². The summed E-state index contributed by atoms with van der Waals surface area (Å²) in [6, 6.07) is 17.9. The molecule has 1 N–H and O–H groups in total. The topological polar surface area (TPSA) is 65.4 Å². The molecule has 0 aliphatic rings. The lowest BCUT2D eigenvalue weighted by molar-refractivity contribution is -0.111. The van der Waals surface area contributed by atoms with Crippen LogP contribution in [0.5, 0.6) is 11.5 Å². The Kier molecular flexibility index (Phi) is 8.02. The number of hydrogen-bond acceptors (Lipinski definition) is 4. The van der Waals surface area contributed by atoms with Crippen LogP contribution in [0.3, 0.4) is 0 Å². The molecule has 0 radical (unpaired) electrons. The number of anilines is 1. The van der Waals surface area contributed by atoms with E-state index in [1.807, 2.05) is 49.4 Å². The first kappa shape index (κ1) is 25.0. The second-order valence-corrected chi connectivity index (χ2v) is 8.48. The van der Waals surface area contributed by atoms with E-state index in [1.54, 1.807) is 31.5 Å². The molecule has 0 spiro atoms. The van der Waals surface area contributed by atoms with Gasteiger partial charge in [0, 0.05) is 28.4 Å². The van der Waals surface area contributed by atoms with E-state index in [0.717, 1.165) is 22.4 Å². The average molecular weight is 506 g/mol. The zero-order valence-electron chi connectivity index (χ0n) is 19.9. The van der Waals surface area contributed by atoms with Crippen molar-refractivity contribution in [2.75, 3.05) is 12.4 Å². The molecule has 184 valence electrons. The van der Waals surface area contributed by atoms with E-state index in [1.165, 1.54) is 23.0 Å². The van der Waals surface area contributed by atoms with Crippen molar-refractivity contribution in [2.24, 2.45) is 0 Å². The number of carbonyl (C=O) groups excluding carboxylic acids is 1. The first-order valence-electron chi connectivity index (χ1n) is 11.2. The van der Waals surface area contributed by atoms with Crippen LogP contribution >= 0.6 is 11.6 Å². The minimum atomic E-state index is -0.408. The van der Waals surface area contributed by atoms with Crippen molar-refractivity contribution in [2.45, 2.75) is 20.1 Å². The van der Waals surface area contributed by atoms with E-state index in [-0.39, 0.29) is 12.5 Å². The number of aryl methyl sites for hydroxylation is 1. The highest BCUT2D eigenvalue weighted by molar-refractivity contribution is 6.31. The van der Waals surface area contributed by atoms with Crippen LogP contribution in [0.25, 0.3) is 6.08 Å². The van der Waals surface area contributed by atoms with E-state index in [2.05, 4.69) is 10.4 Å². The minimum Gasteiger partial charge on any atom is -0.496 e. The normalized spacial score (nSPS) is 11.0. The zero-order valence-corrected chi connectivity index (χ0v) is 20.6. The average Bonchev–Trinajstić information content (AvgIpc) is 3.31. The molecule has 4 rings (SSSR count). The molecule has 3 aromatic carbocycles. The van der Waals surface area contributed by atoms with Crippen molar-refractivity contribution < 1.29 is 18.7 Å². The largest absolute Gasteiger partial charge is 0.496 e. The Labute approximate surface area is 213 Å². The van der Waals surface area contributed by atoms with Crippen molar-refractivity contribution in [1.82, 2.24) is 9.78 Å². The van der Waals surface area contributed by atoms with Crippen molar-refractivity contribution in [1.29, 1.82) is 0 Å². The number of methoxy groups -OCH3 is 1. The second kappa shape index (κ2) is 11.6. The Morgan fingerprint density at radius 1 is 1.14 bits per heavy atom.